The highest BCUT2D eigenvalue weighted by Gasteiger charge is 2.38. The lowest BCUT2D eigenvalue weighted by molar-refractivity contribution is -0.192. The number of hydrogen-bond acceptors (Lipinski definition) is 5. The van der Waals surface area contributed by atoms with Gasteiger partial charge in [0.25, 0.3) is 0 Å². The third kappa shape index (κ3) is 5.35. The Kier molecular flexibility index (Phi) is 6.41. The zero-order valence-electron chi connectivity index (χ0n) is 12.1. The van der Waals surface area contributed by atoms with E-state index in [0.29, 0.717) is 18.8 Å². The average Bonchev–Trinajstić information content (AvgIpc) is 2.92. The van der Waals surface area contributed by atoms with Crippen molar-refractivity contribution in [3.8, 4) is 11.3 Å². The summed E-state index contributed by atoms with van der Waals surface area (Å²) in [5.41, 5.74) is 7.00. The van der Waals surface area contributed by atoms with Crippen LogP contribution in [0.25, 0.3) is 11.3 Å². The summed E-state index contributed by atoms with van der Waals surface area (Å²) in [6.45, 7) is 0.727. The number of aromatic nitrogens is 3. The van der Waals surface area contributed by atoms with Gasteiger partial charge in [0, 0.05) is 24.5 Å². The third-order valence-electron chi connectivity index (χ3n) is 2.56. The molecule has 0 saturated heterocycles. The molecule has 0 radical (unpaired) electrons. The Balaban J connectivity index is 0.000000351. The van der Waals surface area contributed by atoms with Crippen molar-refractivity contribution in [2.45, 2.75) is 12.7 Å². The predicted molar refractivity (Wildman–Crippen MR) is 75.2 cm³/mol. The maximum atomic E-state index is 11.0. The van der Waals surface area contributed by atoms with E-state index < -0.39 is 18.1 Å². The molecule has 0 fully saturated rings. The Labute approximate surface area is 133 Å². The number of halogens is 3. The van der Waals surface area contributed by atoms with Crippen molar-refractivity contribution in [2.75, 3.05) is 6.54 Å². The fourth-order valence-corrected chi connectivity index (χ4v) is 1.55. The second-order valence-corrected chi connectivity index (χ2v) is 4.27. The van der Waals surface area contributed by atoms with Gasteiger partial charge in [0.2, 0.25) is 0 Å². The molecular formula is C13H13F3N4O4. The minimum Gasteiger partial charge on any atom is -0.477 e. The molecule has 130 valence electrons. The van der Waals surface area contributed by atoms with E-state index in [4.69, 9.17) is 20.7 Å². The van der Waals surface area contributed by atoms with Crippen LogP contribution in [0.1, 0.15) is 10.5 Å². The first-order valence-corrected chi connectivity index (χ1v) is 6.38. The largest absolute Gasteiger partial charge is 0.490 e. The van der Waals surface area contributed by atoms with E-state index in [2.05, 4.69) is 10.1 Å². The summed E-state index contributed by atoms with van der Waals surface area (Å²) >= 11 is 0. The molecule has 0 unspecified atom stereocenters. The van der Waals surface area contributed by atoms with Crippen LogP contribution in [0.3, 0.4) is 0 Å². The molecule has 2 aromatic heterocycles. The standard InChI is InChI=1S/C11H12N4O2.C2HF3O2/c12-3-6-15-10(11(16)17)7-9(14-15)8-1-4-13-5-2-8;3-2(4,5)1(6)7/h1-2,4-5,7H,3,6,12H2,(H,16,17);(H,6,7). The quantitative estimate of drug-likeness (QED) is 0.759. The van der Waals surface area contributed by atoms with Crippen LogP contribution in [0.2, 0.25) is 0 Å². The number of hydrogen-bond donors (Lipinski definition) is 3. The normalized spacial score (nSPS) is 10.7. The highest BCUT2D eigenvalue weighted by Crippen LogP contribution is 2.18. The highest BCUT2D eigenvalue weighted by molar-refractivity contribution is 5.87. The second-order valence-electron chi connectivity index (χ2n) is 4.27. The number of carbonyl (C=O) groups is 2. The molecule has 0 aliphatic heterocycles. The van der Waals surface area contributed by atoms with Crippen molar-refractivity contribution in [2.24, 2.45) is 5.73 Å². The molecule has 0 amide bonds. The van der Waals surface area contributed by atoms with Crippen molar-refractivity contribution in [3.05, 3.63) is 36.3 Å². The minimum atomic E-state index is -5.08. The summed E-state index contributed by atoms with van der Waals surface area (Å²) in [5.74, 6) is -3.77. The molecule has 0 bridgehead atoms. The lowest BCUT2D eigenvalue weighted by Crippen LogP contribution is -2.21. The van der Waals surface area contributed by atoms with Crippen molar-refractivity contribution < 1.29 is 33.0 Å². The molecule has 0 spiro atoms. The van der Waals surface area contributed by atoms with Crippen LogP contribution in [0.4, 0.5) is 13.2 Å². The van der Waals surface area contributed by atoms with Crippen LogP contribution in [0.5, 0.6) is 0 Å². The van der Waals surface area contributed by atoms with Crippen LogP contribution < -0.4 is 5.73 Å². The Hall–Kier alpha value is -2.95. The average molecular weight is 346 g/mol. The Morgan fingerprint density at radius 2 is 1.75 bits per heavy atom. The lowest BCUT2D eigenvalue weighted by atomic mass is 10.2. The first-order valence-electron chi connectivity index (χ1n) is 6.38. The van der Waals surface area contributed by atoms with Gasteiger partial charge in [-0.25, -0.2) is 9.59 Å². The number of rotatable bonds is 4. The van der Waals surface area contributed by atoms with Gasteiger partial charge in [0.15, 0.2) is 0 Å². The van der Waals surface area contributed by atoms with Gasteiger partial charge in [0.1, 0.15) is 5.69 Å². The van der Waals surface area contributed by atoms with Gasteiger partial charge in [-0.15, -0.1) is 0 Å². The van der Waals surface area contributed by atoms with E-state index in [1.54, 1.807) is 24.5 Å². The van der Waals surface area contributed by atoms with Crippen molar-refractivity contribution in [1.82, 2.24) is 14.8 Å². The van der Waals surface area contributed by atoms with Gasteiger partial charge in [-0.05, 0) is 18.2 Å². The van der Waals surface area contributed by atoms with E-state index >= 15 is 0 Å². The second kappa shape index (κ2) is 8.06. The number of nitrogens with two attached hydrogens (primary N) is 1. The fraction of sp³-hybridized carbons (Fsp3) is 0.231. The Morgan fingerprint density at radius 3 is 2.17 bits per heavy atom. The van der Waals surface area contributed by atoms with Crippen molar-refractivity contribution in [1.29, 1.82) is 0 Å². The summed E-state index contributed by atoms with van der Waals surface area (Å²) in [4.78, 5) is 23.8. The van der Waals surface area contributed by atoms with E-state index in [0.717, 1.165) is 5.56 Å². The van der Waals surface area contributed by atoms with Gasteiger partial charge < -0.3 is 15.9 Å². The summed E-state index contributed by atoms with van der Waals surface area (Å²) in [5, 5.41) is 20.4. The summed E-state index contributed by atoms with van der Waals surface area (Å²) in [7, 11) is 0. The number of carboxylic acids is 2. The molecule has 4 N–H and O–H groups in total. The highest BCUT2D eigenvalue weighted by atomic mass is 19.4. The smallest absolute Gasteiger partial charge is 0.477 e. The number of pyridine rings is 1. The summed E-state index contributed by atoms with van der Waals surface area (Å²) in [6.07, 6.45) is -1.81. The minimum absolute atomic E-state index is 0.141. The molecule has 2 rings (SSSR count). The number of alkyl halides is 3. The Morgan fingerprint density at radius 1 is 1.21 bits per heavy atom. The SMILES string of the molecule is NCCn1nc(-c2ccncc2)cc1C(=O)O.O=C(O)C(F)(F)F. The Bertz CT molecular complexity index is 701. The van der Waals surface area contributed by atoms with Crippen LogP contribution in [-0.4, -0.2) is 49.6 Å². The monoisotopic (exact) mass is 346 g/mol. The topological polar surface area (TPSA) is 131 Å². The first kappa shape index (κ1) is 19.1. The van der Waals surface area contributed by atoms with Gasteiger partial charge in [-0.2, -0.15) is 18.3 Å². The van der Waals surface area contributed by atoms with Gasteiger partial charge >= 0.3 is 18.1 Å². The van der Waals surface area contributed by atoms with Crippen LogP contribution in [0.15, 0.2) is 30.6 Å². The molecule has 24 heavy (non-hydrogen) atoms. The molecule has 0 aliphatic carbocycles. The molecule has 2 heterocycles. The lowest BCUT2D eigenvalue weighted by Gasteiger charge is -2.00. The predicted octanol–water partition coefficient (Wildman–Crippen LogP) is 1.24. The van der Waals surface area contributed by atoms with Crippen LogP contribution >= 0.6 is 0 Å². The van der Waals surface area contributed by atoms with Crippen LogP contribution in [0, 0.1) is 0 Å². The molecule has 0 aliphatic rings. The number of carboxylic acid groups (broad SMARTS) is 2. The van der Waals surface area contributed by atoms with E-state index in [-0.39, 0.29) is 5.69 Å². The number of aliphatic carboxylic acids is 1. The molecule has 11 heteroatoms. The number of nitrogens with zero attached hydrogens (tertiary/aromatic N) is 3. The number of aromatic carboxylic acids is 1. The van der Waals surface area contributed by atoms with Gasteiger partial charge in [-0.1, -0.05) is 0 Å². The third-order valence-corrected chi connectivity index (χ3v) is 2.56. The maximum absolute atomic E-state index is 11.0. The zero-order chi connectivity index (χ0) is 18.3. The van der Waals surface area contributed by atoms with Gasteiger partial charge in [0.05, 0.1) is 12.2 Å². The van der Waals surface area contributed by atoms with Gasteiger partial charge in [-0.3, -0.25) is 9.67 Å². The molecule has 2 aromatic rings. The fourth-order valence-electron chi connectivity index (χ4n) is 1.55. The molecule has 0 aromatic carbocycles. The first-order chi connectivity index (χ1) is 11.2. The van der Waals surface area contributed by atoms with Crippen molar-refractivity contribution in [3.63, 3.8) is 0 Å². The van der Waals surface area contributed by atoms with Crippen LogP contribution in [-0.2, 0) is 11.3 Å². The molecule has 0 atom stereocenters. The van der Waals surface area contributed by atoms with E-state index in [9.17, 15) is 18.0 Å². The molecule has 0 saturated carbocycles. The van der Waals surface area contributed by atoms with E-state index in [1.807, 2.05) is 0 Å². The zero-order valence-corrected chi connectivity index (χ0v) is 12.1. The van der Waals surface area contributed by atoms with Crippen molar-refractivity contribution >= 4 is 11.9 Å². The van der Waals surface area contributed by atoms with E-state index in [1.165, 1.54) is 10.7 Å². The molecule has 8 nitrogen and oxygen atoms in total. The maximum Gasteiger partial charge on any atom is 0.490 e. The summed E-state index contributed by atoms with van der Waals surface area (Å²) in [6, 6.07) is 5.09. The summed E-state index contributed by atoms with van der Waals surface area (Å²) < 4.78 is 33.1. The molecular weight excluding hydrogens is 333 g/mol.